The molecule has 3 aliphatic heterocycles. The lowest BCUT2D eigenvalue weighted by Gasteiger charge is -2.23. The molecule has 0 aromatic carbocycles. The van der Waals surface area contributed by atoms with E-state index in [-0.39, 0.29) is 75.6 Å². The van der Waals surface area contributed by atoms with Gasteiger partial charge in [-0.25, -0.2) is 19.9 Å². The van der Waals surface area contributed by atoms with Crippen LogP contribution in [0.25, 0.3) is 34.2 Å². The molecule has 9 rings (SSSR count). The van der Waals surface area contributed by atoms with E-state index in [2.05, 4.69) is 31.5 Å². The molecule has 3 aliphatic rings. The Morgan fingerprint density at radius 3 is 1.38 bits per heavy atom. The Morgan fingerprint density at radius 2 is 0.859 bits per heavy atom. The van der Waals surface area contributed by atoms with Crippen molar-refractivity contribution in [3.05, 3.63) is 142 Å². The fourth-order valence-corrected chi connectivity index (χ4v) is 8.17. The first-order valence-electron chi connectivity index (χ1n) is 23.2. The zero-order valence-corrected chi connectivity index (χ0v) is 38.7. The van der Waals surface area contributed by atoms with E-state index in [4.69, 9.17) is 40.1 Å². The van der Waals surface area contributed by atoms with E-state index in [0.29, 0.717) is 78.0 Å². The zero-order chi connectivity index (χ0) is 49.7. The summed E-state index contributed by atoms with van der Waals surface area (Å²) in [6.45, 7) is 1.45. The summed E-state index contributed by atoms with van der Waals surface area (Å²) in [5, 5.41) is 32.6. The lowest BCUT2D eigenvalue weighted by Crippen LogP contribution is -2.35. The molecule has 0 spiro atoms. The molecule has 0 saturated carbocycles. The van der Waals surface area contributed by atoms with Gasteiger partial charge in [0, 0.05) is 107 Å². The quantitative estimate of drug-likeness (QED) is 0.0772. The molecule has 0 saturated heterocycles. The van der Waals surface area contributed by atoms with Crippen molar-refractivity contribution in [2.45, 2.75) is 70.7 Å². The third-order valence-corrected chi connectivity index (χ3v) is 11.5. The number of carboxylic acid groups (broad SMARTS) is 2. The van der Waals surface area contributed by atoms with Gasteiger partial charge in [0.25, 0.3) is 11.8 Å². The van der Waals surface area contributed by atoms with E-state index >= 15 is 0 Å². The van der Waals surface area contributed by atoms with Crippen LogP contribution in [0.2, 0.25) is 0 Å². The van der Waals surface area contributed by atoms with Gasteiger partial charge < -0.3 is 36.8 Å². The number of aromatic nitrogens is 6. The Balaban J connectivity index is 1.22. The number of hydrogen-bond acceptors (Lipinski definition) is 14. The number of aliphatic carboxylic acids is 2. The predicted octanol–water partition coefficient (Wildman–Crippen LogP) is 3.25. The number of rotatable bonds is 14. The van der Waals surface area contributed by atoms with Crippen LogP contribution in [0.5, 0.6) is 0 Å². The Labute approximate surface area is 408 Å². The average molecular weight is 961 g/mol. The molecule has 0 radical (unpaired) electrons. The summed E-state index contributed by atoms with van der Waals surface area (Å²) in [5.74, 6) is -4.04. The van der Waals surface area contributed by atoms with Gasteiger partial charge in [0.05, 0.1) is 69.8 Å². The van der Waals surface area contributed by atoms with Crippen LogP contribution in [0.3, 0.4) is 0 Å². The Hall–Kier alpha value is -8.36. The molecule has 2 atom stereocenters. The van der Waals surface area contributed by atoms with Gasteiger partial charge in [0.1, 0.15) is 0 Å². The second-order valence-electron chi connectivity index (χ2n) is 17.2. The molecule has 364 valence electrons. The molecule has 20 nitrogen and oxygen atoms in total. The SMILES string of the molecule is O=C(O)CCC(=O)NCCNC(=O)c1cc2nc(c1)-c1cc(C(=O)NCCNC(=O)CCC(=O)O)cc(n1)CN1Cc3cccc(n3)-c3cccc(n3)CN[C@@H](Cc3cccc(n3)-c3cccc(n3)C1)C2. The molecular weight excluding hydrogens is 909 g/mol. The van der Waals surface area contributed by atoms with Gasteiger partial charge in [0.15, 0.2) is 0 Å². The first-order valence-corrected chi connectivity index (χ1v) is 23.2. The van der Waals surface area contributed by atoms with E-state index in [0.717, 1.165) is 22.8 Å². The first-order chi connectivity index (χ1) is 34.4. The van der Waals surface area contributed by atoms with E-state index < -0.39 is 35.6 Å². The number of pyridine rings is 6. The number of carbonyl (C=O) groups is 6. The van der Waals surface area contributed by atoms with Crippen LogP contribution in [-0.2, 0) is 58.2 Å². The fraction of sp³-hybridized carbons (Fsp3) is 0.294. The second kappa shape index (κ2) is 23.3. The zero-order valence-electron chi connectivity index (χ0n) is 38.7. The van der Waals surface area contributed by atoms with Crippen molar-refractivity contribution in [1.29, 1.82) is 0 Å². The number of hydrogen-bond donors (Lipinski definition) is 7. The maximum Gasteiger partial charge on any atom is 0.303 e. The van der Waals surface area contributed by atoms with Crippen molar-refractivity contribution in [2.75, 3.05) is 26.2 Å². The van der Waals surface area contributed by atoms with Crippen LogP contribution < -0.4 is 26.6 Å². The molecule has 71 heavy (non-hydrogen) atoms. The standard InChI is InChI=1S/C51H52N12O8/c64-46(13-15-48(66)67)52-17-19-54-50(70)31-21-38-26-37-25-33-5-1-9-40(57-33)42-11-3-7-35(59-42)28-63(29-36-8-4-12-43(60-36)41-10-2-6-34(58-41)27-56-37)30-39-22-32(24-45(62-39)44(23-31)61-38)51(71)55-20-18-53-47(65)14-16-49(68)69/h1-12,21-24,37,56H,13-20,25-30H2,(H,52,64)(H,53,65)(H,54,70)(H,55,71)(H,66,67)(H,68,69)/t37-/m0/s1. The summed E-state index contributed by atoms with van der Waals surface area (Å²) in [5.41, 5.74) is 7.94. The molecule has 6 aromatic rings. The monoisotopic (exact) mass is 960 g/mol. The number of fused-ring (bicyclic) bond motifs is 1. The number of carboxylic acids is 2. The summed E-state index contributed by atoms with van der Waals surface area (Å²) >= 11 is 0. The molecule has 0 aliphatic carbocycles. The van der Waals surface area contributed by atoms with Crippen molar-refractivity contribution in [1.82, 2.24) is 61.4 Å². The van der Waals surface area contributed by atoms with E-state index in [9.17, 15) is 28.8 Å². The molecular formula is C51H52N12O8. The van der Waals surface area contributed by atoms with Gasteiger partial charge in [0.2, 0.25) is 11.8 Å². The normalized spacial score (nSPS) is 15.0. The third kappa shape index (κ3) is 14.1. The van der Waals surface area contributed by atoms with Crippen molar-refractivity contribution >= 4 is 35.6 Å². The van der Waals surface area contributed by atoms with Crippen LogP contribution in [0.1, 0.15) is 80.6 Å². The average Bonchev–Trinajstić information content (AvgIpc) is 3.36. The van der Waals surface area contributed by atoms with Crippen LogP contribution >= 0.6 is 0 Å². The number of nitrogens with one attached hydrogen (secondary N) is 5. The van der Waals surface area contributed by atoms with Gasteiger partial charge in [-0.15, -0.1) is 0 Å². The van der Waals surface area contributed by atoms with E-state index in [1.165, 1.54) is 0 Å². The number of carbonyl (C=O) groups excluding carboxylic acids is 4. The van der Waals surface area contributed by atoms with Crippen LogP contribution in [-0.4, -0.2) is 113 Å². The maximum atomic E-state index is 14.1. The van der Waals surface area contributed by atoms with Gasteiger partial charge >= 0.3 is 11.9 Å². The summed E-state index contributed by atoms with van der Waals surface area (Å²) in [6.07, 6.45) is -0.285. The highest BCUT2D eigenvalue weighted by molar-refractivity contribution is 5.97. The van der Waals surface area contributed by atoms with Crippen LogP contribution in [0.4, 0.5) is 0 Å². The Kier molecular flexibility index (Phi) is 16.1. The maximum absolute atomic E-state index is 14.1. The highest BCUT2D eigenvalue weighted by Crippen LogP contribution is 2.25. The summed E-state index contributed by atoms with van der Waals surface area (Å²) in [4.78, 5) is 107. The van der Waals surface area contributed by atoms with E-state index in [1.54, 1.807) is 24.3 Å². The van der Waals surface area contributed by atoms with Crippen LogP contribution in [0.15, 0.2) is 97.1 Å². The van der Waals surface area contributed by atoms with Gasteiger partial charge in [-0.05, 0) is 72.8 Å². The highest BCUT2D eigenvalue weighted by Gasteiger charge is 2.22. The minimum atomic E-state index is -1.09. The van der Waals surface area contributed by atoms with Crippen molar-refractivity contribution < 1.29 is 39.0 Å². The Bertz CT molecular complexity index is 2970. The molecule has 7 N–H and O–H groups in total. The van der Waals surface area contributed by atoms with Crippen molar-refractivity contribution in [3.63, 3.8) is 0 Å². The molecule has 4 amide bonds. The summed E-state index contributed by atoms with van der Waals surface area (Å²) in [7, 11) is 0. The first kappa shape index (κ1) is 49.1. The summed E-state index contributed by atoms with van der Waals surface area (Å²) < 4.78 is 0. The third-order valence-electron chi connectivity index (χ3n) is 11.5. The summed E-state index contributed by atoms with van der Waals surface area (Å²) in [6, 6.07) is 29.5. The molecule has 6 aromatic heterocycles. The fourth-order valence-electron chi connectivity index (χ4n) is 8.17. The lowest BCUT2D eigenvalue weighted by molar-refractivity contribution is -0.139. The predicted molar refractivity (Wildman–Crippen MR) is 258 cm³/mol. The Morgan fingerprint density at radius 1 is 0.465 bits per heavy atom. The largest absolute Gasteiger partial charge is 0.481 e. The van der Waals surface area contributed by atoms with Crippen LogP contribution in [0, 0.1) is 0 Å². The highest BCUT2D eigenvalue weighted by atomic mass is 16.4. The minimum Gasteiger partial charge on any atom is -0.481 e. The molecule has 14 bridgehead atoms. The van der Waals surface area contributed by atoms with Gasteiger partial charge in [-0.3, -0.25) is 43.6 Å². The molecule has 0 fully saturated rings. The molecule has 20 heteroatoms. The van der Waals surface area contributed by atoms with E-state index in [1.807, 2.05) is 72.8 Å². The lowest BCUT2D eigenvalue weighted by atomic mass is 10.0. The number of nitrogens with zero attached hydrogens (tertiary/aromatic N) is 7. The molecule has 9 heterocycles. The number of amides is 4. The topological polar surface area (TPSA) is 284 Å². The minimum absolute atomic E-state index is 0.0432. The van der Waals surface area contributed by atoms with Gasteiger partial charge in [-0.1, -0.05) is 24.3 Å². The van der Waals surface area contributed by atoms with Crippen molar-refractivity contribution in [3.8, 4) is 34.2 Å². The smallest absolute Gasteiger partial charge is 0.303 e. The molecule has 1 unspecified atom stereocenters. The van der Waals surface area contributed by atoms with Gasteiger partial charge in [-0.2, -0.15) is 0 Å². The second-order valence-corrected chi connectivity index (χ2v) is 17.2. The van der Waals surface area contributed by atoms with Crippen molar-refractivity contribution in [2.24, 2.45) is 0 Å².